The summed E-state index contributed by atoms with van der Waals surface area (Å²) in [7, 11) is 0. The van der Waals surface area contributed by atoms with Crippen molar-refractivity contribution in [1.82, 2.24) is 30.0 Å². The summed E-state index contributed by atoms with van der Waals surface area (Å²) in [5, 5.41) is 16.0. The number of amides is 4. The molecule has 1 N–H and O–H groups in total. The van der Waals surface area contributed by atoms with Crippen LogP contribution in [-0.2, 0) is 16.1 Å². The Hall–Kier alpha value is -7.01. The van der Waals surface area contributed by atoms with Crippen LogP contribution in [0, 0.1) is 17.2 Å². The number of hydrogen-bond acceptors (Lipinski definition) is 11. The Morgan fingerprint density at radius 1 is 0.818 bits per heavy atom. The molecule has 3 aromatic carbocycles. The molecule has 14 heteroatoms. The summed E-state index contributed by atoms with van der Waals surface area (Å²) in [4.78, 5) is 75.2. The molecule has 4 amide bonds. The van der Waals surface area contributed by atoms with Gasteiger partial charge in [0.2, 0.25) is 11.8 Å². The molecule has 0 radical (unpaired) electrons. The van der Waals surface area contributed by atoms with Crippen molar-refractivity contribution in [3.8, 4) is 34.5 Å². The molecule has 2 fully saturated rings. The third-order valence-corrected chi connectivity index (χ3v) is 10.2. The summed E-state index contributed by atoms with van der Waals surface area (Å²) in [5.74, 6) is -0.712. The number of benzene rings is 3. The number of nitriles is 1. The molecule has 2 saturated heterocycles. The minimum atomic E-state index is -0.995. The van der Waals surface area contributed by atoms with Crippen molar-refractivity contribution in [2.75, 3.05) is 24.6 Å². The largest absolute Gasteiger partial charge is 0.490 e. The van der Waals surface area contributed by atoms with E-state index in [2.05, 4.69) is 31.4 Å². The van der Waals surface area contributed by atoms with Crippen molar-refractivity contribution in [2.24, 2.45) is 5.92 Å². The molecule has 0 saturated carbocycles. The van der Waals surface area contributed by atoms with Crippen molar-refractivity contribution in [3.63, 3.8) is 0 Å². The number of piperidine rings is 2. The fourth-order valence-corrected chi connectivity index (χ4v) is 7.21. The molecule has 55 heavy (non-hydrogen) atoms. The second-order valence-electron chi connectivity index (χ2n) is 13.8. The second-order valence-corrected chi connectivity index (χ2v) is 13.8. The minimum Gasteiger partial charge on any atom is -0.490 e. The number of anilines is 1. The topological polar surface area (TPSA) is 180 Å². The predicted molar refractivity (Wildman–Crippen MR) is 199 cm³/mol. The second kappa shape index (κ2) is 14.8. The van der Waals surface area contributed by atoms with Crippen LogP contribution in [-0.4, -0.2) is 74.0 Å². The smallest absolute Gasteiger partial charge is 0.267 e. The molecule has 3 aliphatic heterocycles. The predicted octanol–water partition coefficient (Wildman–Crippen LogP) is 3.98. The Labute approximate surface area is 315 Å². The van der Waals surface area contributed by atoms with Gasteiger partial charge in [-0.15, -0.1) is 0 Å². The highest BCUT2D eigenvalue weighted by Gasteiger charge is 2.44. The van der Waals surface area contributed by atoms with E-state index in [4.69, 9.17) is 4.74 Å². The Kier molecular flexibility index (Phi) is 9.42. The third-order valence-electron chi connectivity index (χ3n) is 10.2. The highest BCUT2D eigenvalue weighted by Crippen LogP contribution is 2.32. The van der Waals surface area contributed by atoms with Gasteiger partial charge in [-0.1, -0.05) is 30.3 Å². The van der Waals surface area contributed by atoms with Gasteiger partial charge >= 0.3 is 0 Å². The molecule has 3 aliphatic rings. The van der Waals surface area contributed by atoms with Gasteiger partial charge in [-0.05, 0) is 73.2 Å². The molecule has 1 unspecified atom stereocenters. The summed E-state index contributed by atoms with van der Waals surface area (Å²) >= 11 is 0. The van der Waals surface area contributed by atoms with Crippen LogP contribution in [0.2, 0.25) is 0 Å². The molecule has 5 heterocycles. The van der Waals surface area contributed by atoms with Gasteiger partial charge in [-0.25, -0.2) is 14.6 Å². The number of aromatic nitrogens is 4. The molecule has 0 bridgehead atoms. The first-order valence-electron chi connectivity index (χ1n) is 18.0. The lowest BCUT2D eigenvalue weighted by molar-refractivity contribution is -0.136. The van der Waals surface area contributed by atoms with Gasteiger partial charge in [0.1, 0.15) is 6.04 Å². The zero-order valence-corrected chi connectivity index (χ0v) is 29.6. The summed E-state index contributed by atoms with van der Waals surface area (Å²) in [6.07, 6.45) is 5.19. The Morgan fingerprint density at radius 2 is 1.58 bits per heavy atom. The summed E-state index contributed by atoms with van der Waals surface area (Å²) in [5.41, 5.74) is 4.60. The van der Waals surface area contributed by atoms with E-state index in [-0.39, 0.29) is 36.1 Å². The number of fused-ring (bicyclic) bond motifs is 1. The quantitative estimate of drug-likeness (QED) is 0.217. The first-order chi connectivity index (χ1) is 26.7. The lowest BCUT2D eigenvalue weighted by Crippen LogP contribution is -2.54. The molecule has 0 spiro atoms. The maximum Gasteiger partial charge on any atom is 0.267 e. The monoisotopic (exact) mass is 734 g/mol. The maximum absolute atomic E-state index is 13.3. The number of carbonyl (C=O) groups excluding carboxylic acids is 4. The van der Waals surface area contributed by atoms with Crippen molar-refractivity contribution >= 4 is 29.3 Å². The average Bonchev–Trinajstić information content (AvgIpc) is 3.46. The van der Waals surface area contributed by atoms with Gasteiger partial charge in [0.15, 0.2) is 11.6 Å². The average molecular weight is 735 g/mol. The normalized spacial score (nSPS) is 17.2. The van der Waals surface area contributed by atoms with Crippen molar-refractivity contribution in [3.05, 3.63) is 124 Å². The van der Waals surface area contributed by atoms with Crippen molar-refractivity contribution < 1.29 is 23.9 Å². The van der Waals surface area contributed by atoms with Crippen molar-refractivity contribution in [2.45, 2.75) is 38.3 Å². The highest BCUT2D eigenvalue weighted by molar-refractivity contribution is 6.23. The van der Waals surface area contributed by atoms with Crippen molar-refractivity contribution in [1.29, 1.82) is 5.26 Å². The number of rotatable bonds is 9. The molecule has 8 rings (SSSR count). The van der Waals surface area contributed by atoms with Crippen LogP contribution in [0.3, 0.4) is 0 Å². The number of hydrogen-bond donors (Lipinski definition) is 1. The van der Waals surface area contributed by atoms with Crippen LogP contribution in [0.15, 0.2) is 96.1 Å². The molecule has 274 valence electrons. The zero-order valence-electron chi connectivity index (χ0n) is 29.6. The summed E-state index contributed by atoms with van der Waals surface area (Å²) in [6.45, 7) is 2.20. The van der Waals surface area contributed by atoms with Crippen LogP contribution < -0.4 is 20.5 Å². The van der Waals surface area contributed by atoms with Crippen LogP contribution in [0.25, 0.3) is 22.6 Å². The van der Waals surface area contributed by atoms with E-state index in [0.29, 0.717) is 35.4 Å². The number of imide groups is 2. The van der Waals surface area contributed by atoms with E-state index in [1.807, 2.05) is 36.4 Å². The number of carbonyl (C=O) groups is 4. The van der Waals surface area contributed by atoms with E-state index in [1.54, 1.807) is 48.8 Å². The highest BCUT2D eigenvalue weighted by atomic mass is 16.5. The standard InChI is InChI=1S/C41H34N8O6/c42-20-26-3-1-5-28(17-26)34-9-12-37(51)48(46-34)23-27-4-2-6-29(18-27)38-43-21-31(22-44-38)55-24-25-13-15-47(16-14-25)30-7-8-32-33(19-30)41(54)49(40(32)53)35-10-11-36(50)45-39(35)52/h1-9,12,17-19,21-22,25,35H,10-11,13-16,23-24H2,(H,45,50,52). The molecular weight excluding hydrogens is 701 g/mol. The Morgan fingerprint density at radius 3 is 2.36 bits per heavy atom. The Balaban J connectivity index is 0.852. The summed E-state index contributed by atoms with van der Waals surface area (Å²) in [6, 6.07) is 24.1. The van der Waals surface area contributed by atoms with E-state index in [9.17, 15) is 29.2 Å². The first kappa shape index (κ1) is 35.0. The van der Waals surface area contributed by atoms with E-state index in [1.165, 1.54) is 10.7 Å². The van der Waals surface area contributed by atoms with E-state index >= 15 is 0 Å². The SMILES string of the molecule is N#Cc1cccc(-c2ccc(=O)n(Cc3cccc(-c4ncc(OCC5CCN(c6ccc7c(c6)C(=O)N(C6CCC(=O)NC6=O)C7=O)CC5)cn4)c3)n2)c1. The number of nitrogens with one attached hydrogen (secondary N) is 1. The lowest BCUT2D eigenvalue weighted by Gasteiger charge is -2.33. The van der Waals surface area contributed by atoms with Crippen LogP contribution in [0.5, 0.6) is 5.75 Å². The number of nitrogens with zero attached hydrogens (tertiary/aromatic N) is 7. The van der Waals surface area contributed by atoms with Gasteiger partial charge in [-0.2, -0.15) is 10.4 Å². The first-order valence-corrected chi connectivity index (χ1v) is 18.0. The third kappa shape index (κ3) is 7.19. The lowest BCUT2D eigenvalue weighted by atomic mass is 9.97. The van der Waals surface area contributed by atoms with Crippen LogP contribution in [0.1, 0.15) is 57.5 Å². The zero-order chi connectivity index (χ0) is 38.1. The van der Waals surface area contributed by atoms with Gasteiger partial charge in [-0.3, -0.25) is 34.2 Å². The van der Waals surface area contributed by atoms with Gasteiger partial charge in [0.25, 0.3) is 17.4 Å². The fourth-order valence-electron chi connectivity index (χ4n) is 7.21. The summed E-state index contributed by atoms with van der Waals surface area (Å²) < 4.78 is 7.47. The maximum atomic E-state index is 13.3. The van der Waals surface area contributed by atoms with Crippen LogP contribution >= 0.6 is 0 Å². The molecule has 1 atom stereocenters. The molecule has 14 nitrogen and oxygen atoms in total. The van der Waals surface area contributed by atoms with Gasteiger partial charge in [0.05, 0.1) is 54.0 Å². The van der Waals surface area contributed by atoms with E-state index < -0.39 is 29.7 Å². The fraction of sp³-hybridized carbons (Fsp3) is 0.244. The van der Waals surface area contributed by atoms with Gasteiger partial charge in [0, 0.05) is 42.4 Å². The Bertz CT molecular complexity index is 2450. The van der Waals surface area contributed by atoms with Crippen LogP contribution in [0.4, 0.5) is 5.69 Å². The molecule has 2 aromatic heterocycles. The number of ether oxygens (including phenoxy) is 1. The van der Waals surface area contributed by atoms with E-state index in [0.717, 1.165) is 53.2 Å². The minimum absolute atomic E-state index is 0.0740. The van der Waals surface area contributed by atoms with Gasteiger partial charge < -0.3 is 9.64 Å². The molecular formula is C41H34N8O6. The molecule has 5 aromatic rings. The molecule has 0 aliphatic carbocycles.